The number of halogens is 2. The number of carbonyl (C=O) groups excluding carboxylic acids is 1. The molecule has 9 rings (SSSR count). The monoisotopic (exact) mass is 985 g/mol. The molecular weight excluding hydrogens is 930 g/mol. The van der Waals surface area contributed by atoms with Gasteiger partial charge in [0.1, 0.15) is 23.0 Å². The number of anilines is 2. The first kappa shape index (κ1) is 49.4. The zero-order valence-electron chi connectivity index (χ0n) is 40.5. The summed E-state index contributed by atoms with van der Waals surface area (Å²) in [5.41, 5.74) is 6.91. The van der Waals surface area contributed by atoms with E-state index < -0.39 is 17.0 Å². The highest BCUT2D eigenvalue weighted by Gasteiger charge is 2.64. The third-order valence-corrected chi connectivity index (χ3v) is 13.8. The number of carbonyl (C=O) groups is 1. The van der Waals surface area contributed by atoms with E-state index >= 15 is 4.79 Å². The Balaban J connectivity index is 1.28. The van der Waals surface area contributed by atoms with Crippen molar-refractivity contribution in [1.82, 2.24) is 0 Å². The summed E-state index contributed by atoms with van der Waals surface area (Å²) in [6.07, 6.45) is 3.29. The molecule has 0 amide bonds. The van der Waals surface area contributed by atoms with Gasteiger partial charge in [0.05, 0.1) is 17.3 Å². The Bertz CT molecular complexity index is 3140. The topological polar surface area (TPSA) is 56.8 Å². The molecule has 0 bridgehead atoms. The van der Waals surface area contributed by atoms with E-state index in [0.29, 0.717) is 39.2 Å². The van der Waals surface area contributed by atoms with E-state index in [4.69, 9.17) is 37.4 Å². The average molecular weight is 987 g/mol. The molecule has 0 saturated heterocycles. The Labute approximate surface area is 434 Å². The highest BCUT2D eigenvalue weighted by molar-refractivity contribution is 6.36. The summed E-state index contributed by atoms with van der Waals surface area (Å²) < 4.78 is 20.6. The van der Waals surface area contributed by atoms with Gasteiger partial charge in [-0.1, -0.05) is 205 Å². The van der Waals surface area contributed by atoms with Crippen molar-refractivity contribution in [3.63, 3.8) is 0 Å². The van der Waals surface area contributed by atoms with Crippen molar-refractivity contribution in [2.75, 3.05) is 11.9 Å². The highest BCUT2D eigenvalue weighted by atomic mass is 35.5. The van der Waals surface area contributed by atoms with Gasteiger partial charge in [-0.3, -0.25) is 0 Å². The first-order chi connectivity index (χ1) is 35.2. The average Bonchev–Trinajstić information content (AvgIpc) is 3.42. The number of para-hydroxylation sites is 1. The number of hydrogen-bond acceptors (Lipinski definition) is 5. The molecule has 3 unspecified atom stereocenters. The number of benzene rings is 9. The van der Waals surface area contributed by atoms with Crippen LogP contribution in [0.2, 0.25) is 10.0 Å². The van der Waals surface area contributed by atoms with Crippen LogP contribution in [0.15, 0.2) is 237 Å². The normalized spacial score (nSPS) is 13.2. The van der Waals surface area contributed by atoms with Crippen LogP contribution in [0.1, 0.15) is 76.4 Å². The Kier molecular flexibility index (Phi) is 15.9. The number of nitrogens with one attached hydrogen (secondary N) is 1. The van der Waals surface area contributed by atoms with Gasteiger partial charge >= 0.3 is 5.97 Å². The van der Waals surface area contributed by atoms with Gasteiger partial charge in [0, 0.05) is 16.3 Å². The summed E-state index contributed by atoms with van der Waals surface area (Å²) in [7, 11) is 0. The van der Waals surface area contributed by atoms with Crippen molar-refractivity contribution in [3.8, 4) is 11.5 Å². The van der Waals surface area contributed by atoms with Crippen molar-refractivity contribution >= 4 is 40.5 Å². The zero-order valence-corrected chi connectivity index (χ0v) is 42.0. The minimum absolute atomic E-state index is 0.107. The van der Waals surface area contributed by atoms with E-state index in [0.717, 1.165) is 52.8 Å². The summed E-state index contributed by atoms with van der Waals surface area (Å²) >= 11 is 13.0. The Morgan fingerprint density at radius 2 is 1.01 bits per heavy atom. The summed E-state index contributed by atoms with van der Waals surface area (Å²) in [5, 5.41) is 4.52. The van der Waals surface area contributed by atoms with Gasteiger partial charge in [0.25, 0.3) is 0 Å². The van der Waals surface area contributed by atoms with Crippen molar-refractivity contribution in [2.24, 2.45) is 0 Å². The molecule has 0 radical (unpaired) electrons. The molecule has 0 aliphatic rings. The standard InChI is InChI=1S/C65H57Cl2NO4/c1-3-70-63(69)65(72-60-25-14-7-15-26-60,56-33-29-51(30-34-56)45-50-19-10-5-11-20-50)64(53-31-27-49(28-32-53)22-16-21-48-17-8-4-9-18-48,54-35-40-58(41-36-54)68-62-44-39-57(66)46-61(62)67)55-37-42-59(43-38-55)71-47(2)52-23-12-6-13-24-52/h4-15,17-20,23-44,46-47,68H,3,16,21-22,45H2,1-2H3. The Morgan fingerprint density at radius 3 is 1.60 bits per heavy atom. The van der Waals surface area contributed by atoms with Gasteiger partial charge in [0.15, 0.2) is 0 Å². The van der Waals surface area contributed by atoms with Crippen LogP contribution in [-0.4, -0.2) is 12.6 Å². The fourth-order valence-corrected chi connectivity index (χ4v) is 10.2. The van der Waals surface area contributed by atoms with Gasteiger partial charge in [-0.25, -0.2) is 4.79 Å². The molecule has 0 saturated carbocycles. The Morgan fingerprint density at radius 1 is 0.528 bits per heavy atom. The molecule has 1 N–H and O–H groups in total. The minimum atomic E-state index is -1.90. The van der Waals surface area contributed by atoms with Gasteiger partial charge in [0.2, 0.25) is 5.60 Å². The lowest BCUT2D eigenvalue weighted by Gasteiger charge is -2.50. The maximum absolute atomic E-state index is 16.1. The van der Waals surface area contributed by atoms with Crippen LogP contribution in [0, 0.1) is 0 Å². The zero-order chi connectivity index (χ0) is 49.8. The number of aryl methyl sites for hydroxylation is 2. The summed E-state index contributed by atoms with van der Waals surface area (Å²) in [6, 6.07) is 79.2. The van der Waals surface area contributed by atoms with Crippen LogP contribution >= 0.6 is 23.2 Å². The molecule has 9 aromatic carbocycles. The minimum Gasteiger partial charge on any atom is -0.486 e. The maximum Gasteiger partial charge on any atom is 0.356 e. The lowest BCUT2D eigenvalue weighted by Crippen LogP contribution is -2.60. The van der Waals surface area contributed by atoms with Crippen LogP contribution in [0.4, 0.5) is 11.4 Å². The molecule has 7 heteroatoms. The SMILES string of the molecule is CCOC(=O)C(Oc1ccccc1)(c1ccc(Cc2ccccc2)cc1)C(c1ccc(CCCc2ccccc2)cc1)(c1ccc(Nc2ccc(Cl)cc2Cl)cc1)c1ccc(OC(C)c2ccccc2)cc1. The molecule has 0 aliphatic carbocycles. The molecule has 0 aromatic heterocycles. The van der Waals surface area contributed by atoms with Gasteiger partial charge in [-0.05, 0) is 139 Å². The predicted molar refractivity (Wildman–Crippen MR) is 294 cm³/mol. The lowest BCUT2D eigenvalue weighted by atomic mass is 9.56. The largest absolute Gasteiger partial charge is 0.486 e. The molecule has 360 valence electrons. The van der Waals surface area contributed by atoms with Crippen molar-refractivity contribution in [2.45, 2.75) is 56.7 Å². The smallest absolute Gasteiger partial charge is 0.356 e. The van der Waals surface area contributed by atoms with Gasteiger partial charge < -0.3 is 19.5 Å². The van der Waals surface area contributed by atoms with Gasteiger partial charge in [-0.2, -0.15) is 0 Å². The van der Waals surface area contributed by atoms with Crippen LogP contribution in [0.3, 0.4) is 0 Å². The molecule has 3 atom stereocenters. The third-order valence-electron chi connectivity index (χ3n) is 13.3. The molecule has 0 spiro atoms. The maximum atomic E-state index is 16.1. The van der Waals surface area contributed by atoms with E-state index in [1.807, 2.05) is 111 Å². The Hall–Kier alpha value is -7.57. The number of rotatable bonds is 20. The second kappa shape index (κ2) is 23.1. The van der Waals surface area contributed by atoms with Crippen LogP contribution < -0.4 is 14.8 Å². The second-order valence-corrected chi connectivity index (χ2v) is 18.8. The third kappa shape index (κ3) is 11.0. The van der Waals surface area contributed by atoms with Crippen molar-refractivity contribution < 1.29 is 19.0 Å². The fraction of sp³-hybridized carbons (Fsp3) is 0.154. The highest BCUT2D eigenvalue weighted by Crippen LogP contribution is 2.56. The molecule has 5 nitrogen and oxygen atoms in total. The molecule has 0 aliphatic heterocycles. The quantitative estimate of drug-likeness (QED) is 0.0609. The molecule has 0 heterocycles. The summed E-state index contributed by atoms with van der Waals surface area (Å²) in [5.74, 6) is 0.617. The van der Waals surface area contributed by atoms with E-state index in [1.54, 1.807) is 12.1 Å². The van der Waals surface area contributed by atoms with Crippen LogP contribution in [0.5, 0.6) is 11.5 Å². The van der Waals surface area contributed by atoms with E-state index in [2.05, 4.69) is 133 Å². The molecule has 0 fully saturated rings. The molecular formula is C65H57Cl2NO4. The summed E-state index contributed by atoms with van der Waals surface area (Å²) in [4.78, 5) is 16.1. The second-order valence-electron chi connectivity index (χ2n) is 18.0. The first-order valence-electron chi connectivity index (χ1n) is 24.6. The first-order valence-corrected chi connectivity index (χ1v) is 25.3. The van der Waals surface area contributed by atoms with Crippen molar-refractivity contribution in [3.05, 3.63) is 297 Å². The summed E-state index contributed by atoms with van der Waals surface area (Å²) in [6.45, 7) is 3.99. The van der Waals surface area contributed by atoms with Crippen molar-refractivity contribution in [1.29, 1.82) is 0 Å². The molecule has 72 heavy (non-hydrogen) atoms. The predicted octanol–water partition coefficient (Wildman–Crippen LogP) is 16.5. The van der Waals surface area contributed by atoms with E-state index in [-0.39, 0.29) is 12.7 Å². The molecule has 9 aromatic rings. The fourth-order valence-electron chi connectivity index (χ4n) is 9.75. The number of ether oxygens (including phenoxy) is 3. The number of esters is 1. The van der Waals surface area contributed by atoms with Gasteiger partial charge in [-0.15, -0.1) is 0 Å². The van der Waals surface area contributed by atoms with Crippen LogP contribution in [-0.2, 0) is 39.8 Å². The van der Waals surface area contributed by atoms with Crippen LogP contribution in [0.25, 0.3) is 0 Å². The van der Waals surface area contributed by atoms with E-state index in [1.165, 1.54) is 16.7 Å². The lowest BCUT2D eigenvalue weighted by molar-refractivity contribution is -0.168. The number of hydrogen-bond donors (Lipinski definition) is 1. The van der Waals surface area contributed by atoms with E-state index in [9.17, 15) is 0 Å².